The topological polar surface area (TPSA) is 58.2 Å². The van der Waals surface area contributed by atoms with Gasteiger partial charge in [-0.25, -0.2) is 0 Å². The highest BCUT2D eigenvalue weighted by atomic mass is 16.2. The summed E-state index contributed by atoms with van der Waals surface area (Å²) in [4.78, 5) is 22.9. The maximum atomic E-state index is 11.6. The zero-order valence-corrected chi connectivity index (χ0v) is 9.90. The summed E-state index contributed by atoms with van der Waals surface area (Å²) in [6.07, 6.45) is 7.12. The van der Waals surface area contributed by atoms with E-state index in [9.17, 15) is 9.59 Å². The Hall–Kier alpha value is -2.28. The highest BCUT2D eigenvalue weighted by Gasteiger charge is 2.29. The first-order chi connectivity index (χ1) is 8.69. The van der Waals surface area contributed by atoms with Gasteiger partial charge in [0.2, 0.25) is 11.8 Å². The predicted molar refractivity (Wildman–Crippen MR) is 68.7 cm³/mol. The molecule has 1 fully saturated rings. The molecule has 0 heterocycles. The van der Waals surface area contributed by atoms with Crippen LogP contribution in [0.3, 0.4) is 0 Å². The van der Waals surface area contributed by atoms with Crippen LogP contribution in [0, 0.1) is 18.3 Å². The number of hydrogen-bond acceptors (Lipinski definition) is 2. The third kappa shape index (κ3) is 3.36. The number of terminal acetylenes is 1. The molecule has 92 valence electrons. The van der Waals surface area contributed by atoms with E-state index in [0.717, 1.165) is 12.8 Å². The van der Waals surface area contributed by atoms with Gasteiger partial charge < -0.3 is 10.6 Å². The van der Waals surface area contributed by atoms with Gasteiger partial charge in [-0.15, -0.1) is 6.42 Å². The van der Waals surface area contributed by atoms with Gasteiger partial charge in [0, 0.05) is 17.2 Å². The van der Waals surface area contributed by atoms with Crippen molar-refractivity contribution < 1.29 is 9.59 Å². The number of nitrogens with one attached hydrogen (secondary N) is 2. The molecule has 2 amide bonds. The minimum absolute atomic E-state index is 0.00435. The Morgan fingerprint density at radius 2 is 2.17 bits per heavy atom. The van der Waals surface area contributed by atoms with Crippen molar-refractivity contribution in [3.8, 4) is 12.3 Å². The first kappa shape index (κ1) is 12.2. The summed E-state index contributed by atoms with van der Waals surface area (Å²) >= 11 is 0. The molecule has 0 aromatic heterocycles. The van der Waals surface area contributed by atoms with E-state index in [1.807, 2.05) is 0 Å². The van der Waals surface area contributed by atoms with Gasteiger partial charge >= 0.3 is 0 Å². The van der Waals surface area contributed by atoms with E-state index in [2.05, 4.69) is 16.6 Å². The number of anilines is 1. The van der Waals surface area contributed by atoms with Crippen LogP contribution in [-0.2, 0) is 9.59 Å². The van der Waals surface area contributed by atoms with Gasteiger partial charge in [0.05, 0.1) is 6.54 Å². The largest absolute Gasteiger partial charge is 0.347 e. The molecule has 1 aromatic rings. The molecule has 2 N–H and O–H groups in total. The molecule has 0 bridgehead atoms. The van der Waals surface area contributed by atoms with Crippen molar-refractivity contribution in [3.63, 3.8) is 0 Å². The second-order valence-corrected chi connectivity index (χ2v) is 4.27. The normalized spacial score (nSPS) is 13.5. The third-order valence-corrected chi connectivity index (χ3v) is 2.68. The SMILES string of the molecule is C#Cc1cccc(NC(=O)CNC(=O)C2CC2)c1. The van der Waals surface area contributed by atoms with Crippen LogP contribution in [0.15, 0.2) is 24.3 Å². The zero-order chi connectivity index (χ0) is 13.0. The second-order valence-electron chi connectivity index (χ2n) is 4.27. The summed E-state index contributed by atoms with van der Waals surface area (Å²) in [5.41, 5.74) is 1.34. The van der Waals surface area contributed by atoms with Crippen molar-refractivity contribution in [2.75, 3.05) is 11.9 Å². The molecule has 18 heavy (non-hydrogen) atoms. The van der Waals surface area contributed by atoms with Crippen LogP contribution in [0.4, 0.5) is 5.69 Å². The summed E-state index contributed by atoms with van der Waals surface area (Å²) < 4.78 is 0. The fourth-order valence-corrected chi connectivity index (χ4v) is 1.55. The van der Waals surface area contributed by atoms with Crippen LogP contribution in [-0.4, -0.2) is 18.4 Å². The molecule has 1 saturated carbocycles. The third-order valence-electron chi connectivity index (χ3n) is 2.68. The first-order valence-corrected chi connectivity index (χ1v) is 5.83. The van der Waals surface area contributed by atoms with Gasteiger partial charge in [-0.1, -0.05) is 12.0 Å². The molecule has 0 spiro atoms. The molecule has 1 aromatic carbocycles. The minimum atomic E-state index is -0.252. The lowest BCUT2D eigenvalue weighted by Crippen LogP contribution is -2.33. The molecular formula is C14H14N2O2. The molecule has 1 aliphatic carbocycles. The van der Waals surface area contributed by atoms with Crippen LogP contribution in [0.1, 0.15) is 18.4 Å². The number of benzene rings is 1. The second kappa shape index (κ2) is 5.37. The summed E-state index contributed by atoms with van der Waals surface area (Å²) in [6.45, 7) is -0.00435. The number of carbonyl (C=O) groups is 2. The van der Waals surface area contributed by atoms with Crippen molar-refractivity contribution in [2.24, 2.45) is 5.92 Å². The standard InChI is InChI=1S/C14H14N2O2/c1-2-10-4-3-5-12(8-10)16-13(17)9-15-14(18)11-6-7-11/h1,3-5,8,11H,6-7,9H2,(H,15,18)(H,16,17). The lowest BCUT2D eigenvalue weighted by atomic mass is 10.2. The highest BCUT2D eigenvalue weighted by molar-refractivity contribution is 5.95. The predicted octanol–water partition coefficient (Wildman–Crippen LogP) is 1.13. The smallest absolute Gasteiger partial charge is 0.243 e. The molecule has 2 rings (SSSR count). The van der Waals surface area contributed by atoms with E-state index in [1.54, 1.807) is 24.3 Å². The van der Waals surface area contributed by atoms with Gasteiger partial charge in [0.1, 0.15) is 0 Å². The van der Waals surface area contributed by atoms with Crippen LogP contribution < -0.4 is 10.6 Å². The quantitative estimate of drug-likeness (QED) is 0.778. The van der Waals surface area contributed by atoms with Crippen molar-refractivity contribution in [2.45, 2.75) is 12.8 Å². The molecule has 1 aliphatic rings. The van der Waals surface area contributed by atoms with Crippen molar-refractivity contribution in [1.82, 2.24) is 5.32 Å². The molecule has 4 heteroatoms. The van der Waals surface area contributed by atoms with Crippen molar-refractivity contribution in [3.05, 3.63) is 29.8 Å². The Bertz CT molecular complexity index is 513. The molecular weight excluding hydrogens is 228 g/mol. The van der Waals surface area contributed by atoms with Crippen LogP contribution >= 0.6 is 0 Å². The van der Waals surface area contributed by atoms with E-state index in [-0.39, 0.29) is 24.3 Å². The van der Waals surface area contributed by atoms with Crippen LogP contribution in [0.5, 0.6) is 0 Å². The first-order valence-electron chi connectivity index (χ1n) is 5.83. The Morgan fingerprint density at radius 1 is 1.39 bits per heavy atom. The highest BCUT2D eigenvalue weighted by Crippen LogP contribution is 2.28. The molecule has 0 atom stereocenters. The van der Waals surface area contributed by atoms with Gasteiger partial charge in [-0.05, 0) is 31.0 Å². The molecule has 4 nitrogen and oxygen atoms in total. The monoisotopic (exact) mass is 242 g/mol. The Kier molecular flexibility index (Phi) is 3.63. The van der Waals surface area contributed by atoms with Crippen molar-refractivity contribution >= 4 is 17.5 Å². The van der Waals surface area contributed by atoms with E-state index in [0.29, 0.717) is 11.3 Å². The minimum Gasteiger partial charge on any atom is -0.347 e. The fraction of sp³-hybridized carbons (Fsp3) is 0.286. The summed E-state index contributed by atoms with van der Waals surface area (Å²) in [5.74, 6) is 2.32. The van der Waals surface area contributed by atoms with Crippen molar-refractivity contribution in [1.29, 1.82) is 0 Å². The number of carbonyl (C=O) groups excluding carboxylic acids is 2. The summed E-state index contributed by atoms with van der Waals surface area (Å²) in [7, 11) is 0. The maximum absolute atomic E-state index is 11.6. The summed E-state index contributed by atoms with van der Waals surface area (Å²) in [6, 6.07) is 7.01. The van der Waals surface area contributed by atoms with E-state index in [4.69, 9.17) is 6.42 Å². The molecule has 0 unspecified atom stereocenters. The number of hydrogen-bond donors (Lipinski definition) is 2. The molecule has 0 aliphatic heterocycles. The Morgan fingerprint density at radius 3 is 2.83 bits per heavy atom. The van der Waals surface area contributed by atoms with E-state index >= 15 is 0 Å². The molecule has 0 radical (unpaired) electrons. The van der Waals surface area contributed by atoms with Gasteiger partial charge in [0.25, 0.3) is 0 Å². The average Bonchev–Trinajstić information content (AvgIpc) is 3.20. The zero-order valence-electron chi connectivity index (χ0n) is 9.90. The van der Waals surface area contributed by atoms with E-state index < -0.39 is 0 Å². The number of rotatable bonds is 4. The fourth-order valence-electron chi connectivity index (χ4n) is 1.55. The molecule has 0 saturated heterocycles. The Balaban J connectivity index is 1.82. The van der Waals surface area contributed by atoms with Gasteiger partial charge in [-0.3, -0.25) is 9.59 Å². The maximum Gasteiger partial charge on any atom is 0.243 e. The van der Waals surface area contributed by atoms with Gasteiger partial charge in [0.15, 0.2) is 0 Å². The lowest BCUT2D eigenvalue weighted by molar-refractivity contribution is -0.125. The van der Waals surface area contributed by atoms with Gasteiger partial charge in [-0.2, -0.15) is 0 Å². The Labute approximate surface area is 106 Å². The van der Waals surface area contributed by atoms with E-state index in [1.165, 1.54) is 0 Å². The average molecular weight is 242 g/mol. The van der Waals surface area contributed by atoms with Crippen LogP contribution in [0.2, 0.25) is 0 Å². The van der Waals surface area contributed by atoms with Crippen LogP contribution in [0.25, 0.3) is 0 Å². The summed E-state index contributed by atoms with van der Waals surface area (Å²) in [5, 5.41) is 5.28. The lowest BCUT2D eigenvalue weighted by Gasteiger charge is -2.06. The number of amides is 2.